The van der Waals surface area contributed by atoms with E-state index in [-0.39, 0.29) is 0 Å². The molecule has 0 saturated heterocycles. The highest BCUT2D eigenvalue weighted by atomic mass is 32.2. The molecule has 4 heteroatoms. The minimum atomic E-state index is 0.821. The zero-order valence-corrected chi connectivity index (χ0v) is 11.8. The molecular formula is C15H15N3S. The summed E-state index contributed by atoms with van der Waals surface area (Å²) in [7, 11) is 2.08. The number of rotatable bonds is 2. The van der Waals surface area contributed by atoms with Crippen molar-refractivity contribution in [2.45, 2.75) is 5.16 Å². The van der Waals surface area contributed by atoms with Gasteiger partial charge in [-0.3, -0.25) is 0 Å². The molecule has 0 amide bonds. The number of fused-ring (bicyclic) bond motifs is 1. The third kappa shape index (κ3) is 2.36. The summed E-state index contributed by atoms with van der Waals surface area (Å²) >= 11 is 1.57. The summed E-state index contributed by atoms with van der Waals surface area (Å²) in [5.41, 5.74) is 3.65. The van der Waals surface area contributed by atoms with Crippen LogP contribution in [0.15, 0.2) is 41.7 Å². The zero-order chi connectivity index (χ0) is 13.2. The van der Waals surface area contributed by atoms with Crippen LogP contribution in [0.3, 0.4) is 0 Å². The Bertz CT molecular complexity index is 623. The average molecular weight is 269 g/mol. The Labute approximate surface area is 117 Å². The fourth-order valence-corrected chi connectivity index (χ4v) is 2.60. The minimum Gasteiger partial charge on any atom is -0.355 e. The zero-order valence-electron chi connectivity index (χ0n) is 11.0. The van der Waals surface area contributed by atoms with Gasteiger partial charge < -0.3 is 4.90 Å². The predicted octanol–water partition coefficient (Wildman–Crippen LogP) is 3.19. The molecule has 2 aromatic rings. The van der Waals surface area contributed by atoms with Crippen LogP contribution >= 0.6 is 11.8 Å². The fourth-order valence-electron chi connectivity index (χ4n) is 2.26. The average Bonchev–Trinajstić information content (AvgIpc) is 2.48. The van der Waals surface area contributed by atoms with Gasteiger partial charge in [0.1, 0.15) is 5.82 Å². The first-order valence-corrected chi connectivity index (χ1v) is 7.38. The highest BCUT2D eigenvalue weighted by Crippen LogP contribution is 2.30. The summed E-state index contributed by atoms with van der Waals surface area (Å²) in [6.45, 7) is 0.877. The Morgan fingerprint density at radius 3 is 2.74 bits per heavy atom. The van der Waals surface area contributed by atoms with E-state index in [1.54, 1.807) is 11.8 Å². The SMILES string of the molecule is CSc1ncc2c(n1)N(C)CC(c1ccccc1)=C2. The van der Waals surface area contributed by atoms with Crippen molar-refractivity contribution in [1.29, 1.82) is 0 Å². The molecule has 0 spiro atoms. The van der Waals surface area contributed by atoms with E-state index in [0.29, 0.717) is 0 Å². The molecule has 0 unspecified atom stereocenters. The first kappa shape index (κ1) is 12.2. The highest BCUT2D eigenvalue weighted by Gasteiger charge is 2.18. The molecule has 0 bridgehead atoms. The number of nitrogens with zero attached hydrogens (tertiary/aromatic N) is 3. The van der Waals surface area contributed by atoms with Crippen molar-refractivity contribution in [1.82, 2.24) is 9.97 Å². The van der Waals surface area contributed by atoms with Crippen LogP contribution in [0.2, 0.25) is 0 Å². The van der Waals surface area contributed by atoms with Crippen molar-refractivity contribution in [3.8, 4) is 0 Å². The summed E-state index contributed by atoms with van der Waals surface area (Å²) in [5.74, 6) is 1.01. The molecule has 0 fully saturated rings. The first-order chi connectivity index (χ1) is 9.28. The number of anilines is 1. The Balaban J connectivity index is 2.05. The molecule has 0 saturated carbocycles. The van der Waals surface area contributed by atoms with Gasteiger partial charge in [-0.1, -0.05) is 42.1 Å². The van der Waals surface area contributed by atoms with Crippen molar-refractivity contribution in [2.75, 3.05) is 24.7 Å². The van der Waals surface area contributed by atoms with Gasteiger partial charge in [0.2, 0.25) is 0 Å². The number of hydrogen-bond acceptors (Lipinski definition) is 4. The van der Waals surface area contributed by atoms with Crippen molar-refractivity contribution in [3.63, 3.8) is 0 Å². The van der Waals surface area contributed by atoms with E-state index in [1.165, 1.54) is 11.1 Å². The van der Waals surface area contributed by atoms with Gasteiger partial charge in [-0.2, -0.15) is 0 Å². The first-order valence-electron chi connectivity index (χ1n) is 6.16. The van der Waals surface area contributed by atoms with E-state index in [0.717, 1.165) is 23.1 Å². The molecular weight excluding hydrogens is 254 g/mol. The predicted molar refractivity (Wildman–Crippen MR) is 81.4 cm³/mol. The highest BCUT2D eigenvalue weighted by molar-refractivity contribution is 7.98. The van der Waals surface area contributed by atoms with E-state index >= 15 is 0 Å². The third-order valence-corrected chi connectivity index (χ3v) is 3.76. The Morgan fingerprint density at radius 1 is 1.21 bits per heavy atom. The van der Waals surface area contributed by atoms with Crippen LogP contribution in [0.4, 0.5) is 5.82 Å². The van der Waals surface area contributed by atoms with Crippen LogP contribution in [0.1, 0.15) is 11.1 Å². The van der Waals surface area contributed by atoms with Crippen LogP contribution in [0.5, 0.6) is 0 Å². The lowest BCUT2D eigenvalue weighted by atomic mass is 10.0. The van der Waals surface area contributed by atoms with E-state index < -0.39 is 0 Å². The van der Waals surface area contributed by atoms with Gasteiger partial charge in [0.25, 0.3) is 0 Å². The van der Waals surface area contributed by atoms with Crippen molar-refractivity contribution in [2.24, 2.45) is 0 Å². The van der Waals surface area contributed by atoms with Gasteiger partial charge in [0.15, 0.2) is 5.16 Å². The molecule has 3 nitrogen and oxygen atoms in total. The molecule has 0 radical (unpaired) electrons. The van der Waals surface area contributed by atoms with Crippen LogP contribution in [-0.4, -0.2) is 29.8 Å². The lowest BCUT2D eigenvalue weighted by Crippen LogP contribution is -2.25. The van der Waals surface area contributed by atoms with Crippen LogP contribution in [0, 0.1) is 0 Å². The van der Waals surface area contributed by atoms with Crippen LogP contribution in [0.25, 0.3) is 11.6 Å². The topological polar surface area (TPSA) is 29.0 Å². The second-order valence-corrected chi connectivity index (χ2v) is 5.30. The Morgan fingerprint density at radius 2 is 2.00 bits per heavy atom. The largest absolute Gasteiger partial charge is 0.355 e. The molecule has 1 aliphatic heterocycles. The maximum atomic E-state index is 4.57. The van der Waals surface area contributed by atoms with Gasteiger partial charge in [-0.25, -0.2) is 9.97 Å². The Kier molecular flexibility index (Phi) is 3.25. The van der Waals surface area contributed by atoms with Gasteiger partial charge in [0, 0.05) is 25.4 Å². The summed E-state index contributed by atoms with van der Waals surface area (Å²) in [5, 5.41) is 0.821. The molecule has 2 heterocycles. The molecule has 1 aliphatic rings. The molecule has 1 aromatic carbocycles. The molecule has 96 valence electrons. The van der Waals surface area contributed by atoms with Gasteiger partial charge >= 0.3 is 0 Å². The standard InChI is InChI=1S/C15H15N3S/c1-18-10-13(11-6-4-3-5-7-11)8-12-9-16-15(19-2)17-14(12)18/h3-9H,10H2,1-2H3. The molecule has 3 rings (SSSR count). The number of benzene rings is 1. The minimum absolute atomic E-state index is 0.821. The Hall–Kier alpha value is -1.81. The summed E-state index contributed by atoms with van der Waals surface area (Å²) in [6.07, 6.45) is 6.09. The normalized spacial score (nSPS) is 14.0. The molecule has 0 atom stereocenters. The van der Waals surface area contributed by atoms with Crippen molar-refractivity contribution < 1.29 is 0 Å². The number of likely N-dealkylation sites (N-methyl/N-ethyl adjacent to an activating group) is 1. The van der Waals surface area contributed by atoms with E-state index in [2.05, 4.69) is 52.3 Å². The lowest BCUT2D eigenvalue weighted by Gasteiger charge is -2.26. The fraction of sp³-hybridized carbons (Fsp3) is 0.200. The number of aromatic nitrogens is 2. The third-order valence-electron chi connectivity index (χ3n) is 3.20. The second kappa shape index (κ2) is 5.05. The van der Waals surface area contributed by atoms with E-state index in [4.69, 9.17) is 0 Å². The summed E-state index contributed by atoms with van der Waals surface area (Å²) < 4.78 is 0. The lowest BCUT2D eigenvalue weighted by molar-refractivity contribution is 0.898. The van der Waals surface area contributed by atoms with Crippen LogP contribution < -0.4 is 4.90 Å². The summed E-state index contributed by atoms with van der Waals surface area (Å²) in [6, 6.07) is 10.5. The van der Waals surface area contributed by atoms with Crippen LogP contribution in [-0.2, 0) is 0 Å². The second-order valence-electron chi connectivity index (χ2n) is 4.53. The summed E-state index contributed by atoms with van der Waals surface area (Å²) in [4.78, 5) is 11.1. The maximum Gasteiger partial charge on any atom is 0.189 e. The van der Waals surface area contributed by atoms with Gasteiger partial charge in [-0.15, -0.1) is 0 Å². The number of hydrogen-bond donors (Lipinski definition) is 0. The van der Waals surface area contributed by atoms with Gasteiger partial charge in [-0.05, 0) is 23.5 Å². The monoisotopic (exact) mass is 269 g/mol. The maximum absolute atomic E-state index is 4.57. The molecule has 0 aliphatic carbocycles. The molecule has 1 aromatic heterocycles. The van der Waals surface area contributed by atoms with Crippen molar-refractivity contribution in [3.05, 3.63) is 47.7 Å². The number of thioether (sulfide) groups is 1. The van der Waals surface area contributed by atoms with Crippen molar-refractivity contribution >= 4 is 29.2 Å². The van der Waals surface area contributed by atoms with E-state index in [9.17, 15) is 0 Å². The quantitative estimate of drug-likeness (QED) is 0.618. The van der Waals surface area contributed by atoms with Gasteiger partial charge in [0.05, 0.1) is 0 Å². The van der Waals surface area contributed by atoms with E-state index in [1.807, 2.05) is 18.5 Å². The molecule has 0 N–H and O–H groups in total. The molecule has 19 heavy (non-hydrogen) atoms. The smallest absolute Gasteiger partial charge is 0.189 e.